The molecule has 1 saturated heterocycles. The second kappa shape index (κ2) is 6.50. The minimum atomic E-state index is -0.249. The van der Waals surface area contributed by atoms with Crippen LogP contribution in [0.2, 0.25) is 0 Å². The van der Waals surface area contributed by atoms with Crippen LogP contribution in [0.3, 0.4) is 0 Å². The number of carbonyl (C=O) groups excluding carboxylic acids is 1. The highest BCUT2D eigenvalue weighted by molar-refractivity contribution is 7.13. The maximum absolute atomic E-state index is 13.5. The van der Waals surface area contributed by atoms with Crippen molar-refractivity contribution in [1.82, 2.24) is 20.8 Å². The van der Waals surface area contributed by atoms with Crippen LogP contribution in [0, 0.1) is 12.7 Å². The topological polar surface area (TPSA) is 66.9 Å². The Bertz CT molecular complexity index is 675. The number of nitrogens with zero attached hydrogens (tertiary/aromatic N) is 2. The van der Waals surface area contributed by atoms with Gasteiger partial charge in [0.2, 0.25) is 5.01 Å². The average molecular weight is 320 g/mol. The number of piperidine rings is 1. The van der Waals surface area contributed by atoms with Crippen LogP contribution in [0.5, 0.6) is 0 Å². The van der Waals surface area contributed by atoms with Crippen LogP contribution >= 0.6 is 11.3 Å². The number of benzene rings is 1. The quantitative estimate of drug-likeness (QED) is 0.906. The number of hydrogen-bond donors (Lipinski definition) is 2. The fourth-order valence-electron chi connectivity index (χ4n) is 2.76. The van der Waals surface area contributed by atoms with E-state index in [0.717, 1.165) is 23.5 Å². The van der Waals surface area contributed by atoms with Gasteiger partial charge in [0.15, 0.2) is 0 Å². The molecule has 2 aromatic rings. The van der Waals surface area contributed by atoms with E-state index in [2.05, 4.69) is 20.8 Å². The number of carbonyl (C=O) groups is 1. The van der Waals surface area contributed by atoms with Crippen molar-refractivity contribution in [2.24, 2.45) is 0 Å². The molecule has 1 aromatic carbocycles. The van der Waals surface area contributed by atoms with Gasteiger partial charge >= 0.3 is 0 Å². The molecular weight excluding hydrogens is 303 g/mol. The minimum Gasteiger partial charge on any atom is -0.345 e. The molecule has 3 rings (SSSR count). The summed E-state index contributed by atoms with van der Waals surface area (Å²) in [6, 6.07) is 6.51. The summed E-state index contributed by atoms with van der Waals surface area (Å²) < 4.78 is 13.5. The van der Waals surface area contributed by atoms with Crippen LogP contribution in [-0.2, 0) is 0 Å². The Morgan fingerprint density at radius 2 is 2.32 bits per heavy atom. The van der Waals surface area contributed by atoms with Crippen LogP contribution in [0.4, 0.5) is 4.39 Å². The van der Waals surface area contributed by atoms with Gasteiger partial charge in [-0.25, -0.2) is 4.39 Å². The highest BCUT2D eigenvalue weighted by Crippen LogP contribution is 2.26. The standard InChI is InChI=1S/C15H17FN4OS/c1-9-19-20-15(22-9)14(21)18-13-8-17-6-5-12(13)10-3-2-4-11(16)7-10/h2-4,7,12-13,17H,5-6,8H2,1H3,(H,18,21)/t12-,13-/m1/s1. The first kappa shape index (κ1) is 15.1. The number of aromatic nitrogens is 2. The van der Waals surface area contributed by atoms with Crippen molar-refractivity contribution >= 4 is 17.2 Å². The van der Waals surface area contributed by atoms with E-state index >= 15 is 0 Å². The molecule has 1 aromatic heterocycles. The van der Waals surface area contributed by atoms with E-state index in [0.29, 0.717) is 11.6 Å². The van der Waals surface area contributed by atoms with Gasteiger partial charge in [-0.15, -0.1) is 10.2 Å². The first-order chi connectivity index (χ1) is 10.6. The fraction of sp³-hybridized carbons (Fsp3) is 0.400. The highest BCUT2D eigenvalue weighted by atomic mass is 32.1. The second-order valence-corrected chi connectivity index (χ2v) is 6.54. The molecule has 0 spiro atoms. The molecule has 22 heavy (non-hydrogen) atoms. The normalized spacial score (nSPS) is 21.5. The highest BCUT2D eigenvalue weighted by Gasteiger charge is 2.29. The van der Waals surface area contributed by atoms with Crippen LogP contribution in [0.25, 0.3) is 0 Å². The van der Waals surface area contributed by atoms with Crippen molar-refractivity contribution in [1.29, 1.82) is 0 Å². The molecule has 2 heterocycles. The lowest BCUT2D eigenvalue weighted by atomic mass is 9.86. The molecule has 0 saturated carbocycles. The largest absolute Gasteiger partial charge is 0.345 e. The summed E-state index contributed by atoms with van der Waals surface area (Å²) in [5, 5.41) is 15.1. The SMILES string of the molecule is Cc1nnc(C(=O)N[C@@H]2CNCC[C@@H]2c2cccc(F)c2)s1. The maximum Gasteiger partial charge on any atom is 0.282 e. The molecule has 1 fully saturated rings. The zero-order valence-corrected chi connectivity index (χ0v) is 13.0. The molecule has 1 amide bonds. The molecule has 116 valence electrons. The molecule has 2 atom stereocenters. The van der Waals surface area contributed by atoms with Crippen LogP contribution in [-0.4, -0.2) is 35.2 Å². The van der Waals surface area contributed by atoms with E-state index < -0.39 is 0 Å². The van der Waals surface area contributed by atoms with E-state index in [-0.39, 0.29) is 23.7 Å². The lowest BCUT2D eigenvalue weighted by Gasteiger charge is -2.33. The molecule has 7 heteroatoms. The monoisotopic (exact) mass is 320 g/mol. The Hall–Kier alpha value is -1.86. The third-order valence-electron chi connectivity index (χ3n) is 3.80. The molecule has 0 radical (unpaired) electrons. The van der Waals surface area contributed by atoms with Crippen LogP contribution < -0.4 is 10.6 Å². The minimum absolute atomic E-state index is 0.0905. The first-order valence-corrected chi connectivity index (χ1v) is 8.02. The summed E-state index contributed by atoms with van der Waals surface area (Å²) in [4.78, 5) is 12.3. The molecule has 0 aliphatic carbocycles. The van der Waals surface area contributed by atoms with Crippen molar-refractivity contribution < 1.29 is 9.18 Å². The van der Waals surface area contributed by atoms with E-state index in [1.54, 1.807) is 12.1 Å². The first-order valence-electron chi connectivity index (χ1n) is 7.20. The summed E-state index contributed by atoms with van der Waals surface area (Å²) >= 11 is 1.27. The third kappa shape index (κ3) is 3.31. The third-order valence-corrected chi connectivity index (χ3v) is 4.63. The second-order valence-electron chi connectivity index (χ2n) is 5.36. The van der Waals surface area contributed by atoms with E-state index in [9.17, 15) is 9.18 Å². The van der Waals surface area contributed by atoms with Crippen molar-refractivity contribution in [2.45, 2.75) is 25.3 Å². The average Bonchev–Trinajstić information content (AvgIpc) is 2.94. The molecule has 1 aliphatic heterocycles. The van der Waals surface area contributed by atoms with Gasteiger partial charge in [0, 0.05) is 18.5 Å². The number of aryl methyl sites for hydroxylation is 1. The zero-order chi connectivity index (χ0) is 15.5. The molecular formula is C15H17FN4OS. The van der Waals surface area contributed by atoms with Crippen LogP contribution in [0.15, 0.2) is 24.3 Å². The number of hydrogen-bond acceptors (Lipinski definition) is 5. The molecule has 1 aliphatic rings. The summed E-state index contributed by atoms with van der Waals surface area (Å²) in [7, 11) is 0. The summed E-state index contributed by atoms with van der Waals surface area (Å²) in [5.41, 5.74) is 0.917. The molecule has 0 unspecified atom stereocenters. The summed E-state index contributed by atoms with van der Waals surface area (Å²) in [6.45, 7) is 3.32. The number of rotatable bonds is 3. The summed E-state index contributed by atoms with van der Waals surface area (Å²) in [5.74, 6) is -0.378. The van der Waals surface area contributed by atoms with E-state index in [1.807, 2.05) is 13.0 Å². The Morgan fingerprint density at radius 3 is 3.05 bits per heavy atom. The van der Waals surface area contributed by atoms with Gasteiger partial charge in [0.1, 0.15) is 10.8 Å². The number of nitrogens with one attached hydrogen (secondary N) is 2. The molecule has 5 nitrogen and oxygen atoms in total. The van der Waals surface area contributed by atoms with Gasteiger partial charge in [-0.1, -0.05) is 23.5 Å². The Morgan fingerprint density at radius 1 is 1.45 bits per heavy atom. The van der Waals surface area contributed by atoms with Crippen molar-refractivity contribution in [2.75, 3.05) is 13.1 Å². The Labute approximate surface area is 132 Å². The predicted molar refractivity (Wildman–Crippen MR) is 82.5 cm³/mol. The van der Waals surface area contributed by atoms with Crippen molar-refractivity contribution in [3.05, 3.63) is 45.7 Å². The van der Waals surface area contributed by atoms with Crippen molar-refractivity contribution in [3.8, 4) is 0 Å². The fourth-order valence-corrected chi connectivity index (χ4v) is 3.36. The van der Waals surface area contributed by atoms with Gasteiger partial charge in [0.05, 0.1) is 0 Å². The summed E-state index contributed by atoms with van der Waals surface area (Å²) in [6.07, 6.45) is 0.851. The molecule has 0 bridgehead atoms. The van der Waals surface area contributed by atoms with Gasteiger partial charge in [-0.2, -0.15) is 0 Å². The van der Waals surface area contributed by atoms with Gasteiger partial charge in [-0.3, -0.25) is 4.79 Å². The zero-order valence-electron chi connectivity index (χ0n) is 12.2. The Kier molecular flexibility index (Phi) is 4.44. The smallest absolute Gasteiger partial charge is 0.282 e. The number of amides is 1. The van der Waals surface area contributed by atoms with Gasteiger partial charge in [-0.05, 0) is 37.6 Å². The lowest BCUT2D eigenvalue weighted by molar-refractivity contribution is 0.0923. The van der Waals surface area contributed by atoms with E-state index in [1.165, 1.54) is 17.4 Å². The molecule has 2 N–H and O–H groups in total. The Balaban J connectivity index is 1.76. The number of halogens is 1. The van der Waals surface area contributed by atoms with Gasteiger partial charge < -0.3 is 10.6 Å². The van der Waals surface area contributed by atoms with Crippen LogP contribution in [0.1, 0.15) is 32.7 Å². The van der Waals surface area contributed by atoms with Gasteiger partial charge in [0.25, 0.3) is 5.91 Å². The maximum atomic E-state index is 13.5. The van der Waals surface area contributed by atoms with E-state index in [4.69, 9.17) is 0 Å². The van der Waals surface area contributed by atoms with Crippen molar-refractivity contribution in [3.63, 3.8) is 0 Å². The predicted octanol–water partition coefficient (Wildman–Crippen LogP) is 1.86. The lowest BCUT2D eigenvalue weighted by Crippen LogP contribution is -2.50.